The molecule has 0 radical (unpaired) electrons. The van der Waals surface area contributed by atoms with E-state index in [9.17, 15) is 37.5 Å². The van der Waals surface area contributed by atoms with Crippen molar-refractivity contribution in [1.29, 1.82) is 0 Å². The van der Waals surface area contributed by atoms with Crippen LogP contribution in [0.15, 0.2) is 65.0 Å². The number of amides is 1. The summed E-state index contributed by atoms with van der Waals surface area (Å²) in [7, 11) is 0. The number of nitrogens with one attached hydrogen (secondary N) is 1. The summed E-state index contributed by atoms with van der Waals surface area (Å²) in [6.07, 6.45) is -3.00. The minimum atomic E-state index is -4.54. The smallest absolute Gasteiger partial charge is 0.416 e. The number of hydrogen-bond donors (Lipinski definition) is 3. The summed E-state index contributed by atoms with van der Waals surface area (Å²) in [6, 6.07) is 12.3. The lowest BCUT2D eigenvalue weighted by atomic mass is 9.89. The molecule has 202 valence electrons. The second-order valence-corrected chi connectivity index (χ2v) is 8.59. The van der Waals surface area contributed by atoms with Crippen LogP contribution in [0.4, 0.5) is 13.2 Å². The average Bonchev–Trinajstić information content (AvgIpc) is 2.91. The monoisotopic (exact) mass is 542 g/mol. The quantitative estimate of drug-likeness (QED) is 0.372. The van der Waals surface area contributed by atoms with Gasteiger partial charge in [0.2, 0.25) is 0 Å². The van der Waals surface area contributed by atoms with Crippen LogP contribution in [0.3, 0.4) is 0 Å². The molecule has 0 unspecified atom stereocenters. The Labute approximate surface area is 218 Å². The lowest BCUT2D eigenvalue weighted by molar-refractivity contribution is -0.138. The number of alkyl halides is 3. The number of aromatic hydroxyl groups is 1. The molecule has 0 saturated carbocycles. The number of benzene rings is 2. The Kier molecular flexibility index (Phi) is 7.56. The van der Waals surface area contributed by atoms with Gasteiger partial charge in [-0.2, -0.15) is 13.2 Å². The summed E-state index contributed by atoms with van der Waals surface area (Å²) in [5.74, 6) is -3.67. The van der Waals surface area contributed by atoms with Gasteiger partial charge in [0, 0.05) is 16.7 Å². The van der Waals surface area contributed by atoms with Gasteiger partial charge in [-0.25, -0.2) is 0 Å². The SMILES string of the molecule is O=C(O)CNC(=O)c1c(O)c2c(n(OCc3ccc(C(F)(F)F)cc3)c1=O)CCC(C(=O)c1ccccc1)=C2. The predicted octanol–water partition coefficient (Wildman–Crippen LogP) is 3.23. The first kappa shape index (κ1) is 27.2. The summed E-state index contributed by atoms with van der Waals surface area (Å²) in [5, 5.41) is 21.8. The molecule has 1 aliphatic rings. The molecule has 39 heavy (non-hydrogen) atoms. The number of carboxylic acids is 1. The van der Waals surface area contributed by atoms with Gasteiger partial charge >= 0.3 is 12.1 Å². The minimum Gasteiger partial charge on any atom is -0.506 e. The van der Waals surface area contributed by atoms with E-state index in [1.165, 1.54) is 6.08 Å². The molecule has 0 fully saturated rings. The molecule has 0 atom stereocenters. The van der Waals surface area contributed by atoms with Crippen molar-refractivity contribution in [2.75, 3.05) is 6.54 Å². The summed E-state index contributed by atoms with van der Waals surface area (Å²) in [5.41, 5.74) is -1.76. The number of allylic oxidation sites excluding steroid dienone is 1. The van der Waals surface area contributed by atoms with Crippen molar-refractivity contribution >= 4 is 23.7 Å². The lowest BCUT2D eigenvalue weighted by Gasteiger charge is -2.23. The van der Waals surface area contributed by atoms with Crippen molar-refractivity contribution in [2.24, 2.45) is 0 Å². The molecule has 0 spiro atoms. The number of ketones is 1. The molecule has 1 aliphatic carbocycles. The van der Waals surface area contributed by atoms with Gasteiger partial charge in [0.1, 0.15) is 24.5 Å². The van der Waals surface area contributed by atoms with Gasteiger partial charge in [-0.1, -0.05) is 42.5 Å². The van der Waals surface area contributed by atoms with E-state index >= 15 is 0 Å². The van der Waals surface area contributed by atoms with Crippen molar-refractivity contribution in [3.63, 3.8) is 0 Å². The molecular formula is C27H21F3N2O7. The number of fused-ring (bicyclic) bond motifs is 1. The molecule has 3 aromatic rings. The number of hydrogen-bond acceptors (Lipinski definition) is 6. The molecule has 1 amide bonds. The number of rotatable bonds is 8. The van der Waals surface area contributed by atoms with E-state index in [0.717, 1.165) is 29.0 Å². The number of pyridine rings is 1. The third kappa shape index (κ3) is 5.84. The van der Waals surface area contributed by atoms with Crippen LogP contribution in [-0.2, 0) is 24.0 Å². The van der Waals surface area contributed by atoms with E-state index in [4.69, 9.17) is 9.94 Å². The molecule has 0 saturated heterocycles. The molecule has 1 heterocycles. The number of carbonyl (C=O) groups is 3. The van der Waals surface area contributed by atoms with Crippen LogP contribution < -0.4 is 15.7 Å². The van der Waals surface area contributed by atoms with Crippen molar-refractivity contribution < 1.29 is 42.6 Å². The van der Waals surface area contributed by atoms with E-state index in [0.29, 0.717) is 5.56 Å². The molecule has 12 heteroatoms. The summed E-state index contributed by atoms with van der Waals surface area (Å²) >= 11 is 0. The summed E-state index contributed by atoms with van der Waals surface area (Å²) in [4.78, 5) is 55.4. The Bertz CT molecular complexity index is 1530. The van der Waals surface area contributed by atoms with Gasteiger partial charge in [-0.3, -0.25) is 19.2 Å². The Morgan fingerprint density at radius 1 is 1.00 bits per heavy atom. The number of carbonyl (C=O) groups excluding carboxylic acids is 2. The maximum absolute atomic E-state index is 13.2. The van der Waals surface area contributed by atoms with E-state index < -0.39 is 47.0 Å². The third-order valence-corrected chi connectivity index (χ3v) is 5.99. The zero-order chi connectivity index (χ0) is 28.3. The normalized spacial score (nSPS) is 12.7. The Balaban J connectivity index is 1.75. The van der Waals surface area contributed by atoms with E-state index in [2.05, 4.69) is 0 Å². The van der Waals surface area contributed by atoms with Crippen LogP contribution in [0.2, 0.25) is 0 Å². The summed E-state index contributed by atoms with van der Waals surface area (Å²) in [6.45, 7) is -1.21. The molecule has 0 bridgehead atoms. The second-order valence-electron chi connectivity index (χ2n) is 8.59. The molecule has 1 aromatic heterocycles. The van der Waals surface area contributed by atoms with Crippen LogP contribution in [0.1, 0.15) is 49.5 Å². The Morgan fingerprint density at radius 2 is 1.67 bits per heavy atom. The van der Waals surface area contributed by atoms with Crippen LogP contribution in [0, 0.1) is 0 Å². The van der Waals surface area contributed by atoms with Gasteiger partial charge in [0.25, 0.3) is 11.5 Å². The fourth-order valence-corrected chi connectivity index (χ4v) is 4.06. The zero-order valence-electron chi connectivity index (χ0n) is 20.1. The van der Waals surface area contributed by atoms with Gasteiger partial charge in [-0.15, -0.1) is 4.73 Å². The highest BCUT2D eigenvalue weighted by Crippen LogP contribution is 2.33. The largest absolute Gasteiger partial charge is 0.506 e. The number of nitrogens with zero attached hydrogens (tertiary/aromatic N) is 1. The number of carboxylic acid groups (broad SMARTS) is 1. The molecule has 3 N–H and O–H groups in total. The first-order chi connectivity index (χ1) is 18.5. The van der Waals surface area contributed by atoms with Gasteiger partial charge in [0.15, 0.2) is 5.78 Å². The van der Waals surface area contributed by atoms with Crippen molar-refractivity contribution in [3.8, 4) is 5.75 Å². The predicted molar refractivity (Wildman–Crippen MR) is 131 cm³/mol. The number of halogens is 3. The number of Topliss-reactive ketones (excluding diaryl/α,β-unsaturated/α-hetero) is 1. The second kappa shape index (κ2) is 10.9. The highest BCUT2D eigenvalue weighted by molar-refractivity contribution is 6.12. The van der Waals surface area contributed by atoms with Crippen LogP contribution >= 0.6 is 0 Å². The number of aromatic nitrogens is 1. The number of aliphatic carboxylic acids is 1. The molecule has 9 nitrogen and oxygen atoms in total. The molecule has 4 rings (SSSR count). The van der Waals surface area contributed by atoms with Crippen LogP contribution in [0.25, 0.3) is 6.08 Å². The van der Waals surface area contributed by atoms with Crippen molar-refractivity contribution in [1.82, 2.24) is 10.0 Å². The van der Waals surface area contributed by atoms with Gasteiger partial charge in [-0.05, 0) is 36.6 Å². The lowest BCUT2D eigenvalue weighted by Crippen LogP contribution is -2.39. The Morgan fingerprint density at radius 3 is 2.28 bits per heavy atom. The highest BCUT2D eigenvalue weighted by atomic mass is 19.4. The van der Waals surface area contributed by atoms with Crippen LogP contribution in [-0.4, -0.2) is 39.1 Å². The van der Waals surface area contributed by atoms with Crippen molar-refractivity contribution in [3.05, 3.63) is 104 Å². The summed E-state index contributed by atoms with van der Waals surface area (Å²) < 4.78 is 39.4. The van der Waals surface area contributed by atoms with Crippen LogP contribution in [0.5, 0.6) is 5.75 Å². The standard InChI is InChI=1S/C27H21F3N2O7/c28-27(29,30)18-9-6-15(7-10-18)14-39-32-20-11-8-17(23(35)16-4-2-1-3-5-16)12-19(20)24(36)22(26(32)38)25(37)31-13-21(33)34/h1-7,9-10,12,36H,8,11,13-14H2,(H,31,37)(H,33,34). The zero-order valence-corrected chi connectivity index (χ0v) is 20.1. The van der Waals surface area contributed by atoms with E-state index in [-0.39, 0.29) is 47.6 Å². The van der Waals surface area contributed by atoms with Gasteiger partial charge in [0.05, 0.1) is 11.3 Å². The highest BCUT2D eigenvalue weighted by Gasteiger charge is 2.31. The van der Waals surface area contributed by atoms with Crippen molar-refractivity contribution in [2.45, 2.75) is 25.6 Å². The third-order valence-electron chi connectivity index (χ3n) is 5.99. The maximum Gasteiger partial charge on any atom is 0.416 e. The fraction of sp³-hybridized carbons (Fsp3) is 0.185. The first-order valence-electron chi connectivity index (χ1n) is 11.6. The average molecular weight is 542 g/mol. The van der Waals surface area contributed by atoms with E-state index in [1.54, 1.807) is 30.3 Å². The molecule has 2 aromatic carbocycles. The molecule has 0 aliphatic heterocycles. The first-order valence-corrected chi connectivity index (χ1v) is 11.6. The Hall–Kier alpha value is -4.87. The van der Waals surface area contributed by atoms with Gasteiger partial charge < -0.3 is 20.4 Å². The topological polar surface area (TPSA) is 135 Å². The minimum absolute atomic E-state index is 0.0481. The fourth-order valence-electron chi connectivity index (χ4n) is 4.06. The van der Waals surface area contributed by atoms with E-state index in [1.807, 2.05) is 5.32 Å². The molecular weight excluding hydrogens is 521 g/mol. The maximum atomic E-state index is 13.2.